The predicted molar refractivity (Wildman–Crippen MR) is 87.4 cm³/mol. The third-order valence-electron chi connectivity index (χ3n) is 4.10. The summed E-state index contributed by atoms with van der Waals surface area (Å²) in [5.41, 5.74) is 3.49. The van der Waals surface area contributed by atoms with Crippen LogP contribution >= 0.6 is 0 Å². The van der Waals surface area contributed by atoms with Gasteiger partial charge in [-0.25, -0.2) is 0 Å². The van der Waals surface area contributed by atoms with Crippen molar-refractivity contribution in [2.24, 2.45) is 0 Å². The molecule has 0 saturated carbocycles. The molecule has 0 N–H and O–H groups in total. The standard InChI is InChI=1S/C19H16N2O/c1-21(14-10-12-20-13-11-14)19-15-6-2-4-8-17(15)22-18-9-5-3-7-16(18)19/h2-13,19H,1H3. The van der Waals surface area contributed by atoms with E-state index in [1.807, 2.05) is 48.8 Å². The second kappa shape index (κ2) is 5.19. The summed E-state index contributed by atoms with van der Waals surface area (Å²) < 4.78 is 6.05. The molecular weight excluding hydrogens is 272 g/mol. The molecule has 1 aliphatic rings. The van der Waals surface area contributed by atoms with Crippen molar-refractivity contribution in [3.8, 4) is 11.5 Å². The Morgan fingerprint density at radius 3 is 1.95 bits per heavy atom. The van der Waals surface area contributed by atoms with E-state index in [1.165, 1.54) is 11.1 Å². The maximum atomic E-state index is 6.05. The van der Waals surface area contributed by atoms with Crippen molar-refractivity contribution in [1.82, 2.24) is 4.98 Å². The Balaban J connectivity index is 1.88. The lowest BCUT2D eigenvalue weighted by molar-refractivity contribution is 0.444. The summed E-state index contributed by atoms with van der Waals surface area (Å²) in [5, 5.41) is 0. The number of pyridine rings is 1. The predicted octanol–water partition coefficient (Wildman–Crippen LogP) is 4.41. The van der Waals surface area contributed by atoms with E-state index < -0.39 is 0 Å². The number of fused-ring (bicyclic) bond motifs is 2. The van der Waals surface area contributed by atoms with Gasteiger partial charge in [-0.15, -0.1) is 0 Å². The van der Waals surface area contributed by atoms with Crippen LogP contribution in [0.1, 0.15) is 17.2 Å². The van der Waals surface area contributed by atoms with Gasteiger partial charge in [-0.05, 0) is 24.3 Å². The summed E-state index contributed by atoms with van der Waals surface area (Å²) >= 11 is 0. The zero-order valence-electron chi connectivity index (χ0n) is 12.3. The van der Waals surface area contributed by atoms with Gasteiger partial charge in [0.15, 0.2) is 0 Å². The van der Waals surface area contributed by atoms with Gasteiger partial charge >= 0.3 is 0 Å². The quantitative estimate of drug-likeness (QED) is 0.698. The van der Waals surface area contributed by atoms with Gasteiger partial charge in [0.1, 0.15) is 11.5 Å². The monoisotopic (exact) mass is 288 g/mol. The molecule has 3 heteroatoms. The van der Waals surface area contributed by atoms with E-state index in [4.69, 9.17) is 4.74 Å². The summed E-state index contributed by atoms with van der Waals surface area (Å²) in [6.07, 6.45) is 3.64. The Morgan fingerprint density at radius 1 is 0.818 bits per heavy atom. The molecule has 1 aromatic heterocycles. The molecule has 0 saturated heterocycles. The van der Waals surface area contributed by atoms with Gasteiger partial charge in [-0.3, -0.25) is 4.98 Å². The van der Waals surface area contributed by atoms with Crippen molar-refractivity contribution in [1.29, 1.82) is 0 Å². The molecule has 108 valence electrons. The van der Waals surface area contributed by atoms with E-state index >= 15 is 0 Å². The summed E-state index contributed by atoms with van der Waals surface area (Å²) in [7, 11) is 2.11. The maximum absolute atomic E-state index is 6.05. The molecule has 0 unspecified atom stereocenters. The number of hydrogen-bond acceptors (Lipinski definition) is 3. The van der Waals surface area contributed by atoms with Crippen molar-refractivity contribution >= 4 is 5.69 Å². The molecule has 2 aromatic carbocycles. The van der Waals surface area contributed by atoms with Gasteiger partial charge in [0.05, 0.1) is 6.04 Å². The van der Waals surface area contributed by atoms with E-state index in [2.05, 4.69) is 41.2 Å². The van der Waals surface area contributed by atoms with Crippen molar-refractivity contribution < 1.29 is 4.74 Å². The van der Waals surface area contributed by atoms with E-state index in [0.29, 0.717) is 0 Å². The fourth-order valence-corrected chi connectivity index (χ4v) is 3.03. The molecule has 0 amide bonds. The molecular formula is C19H16N2O. The smallest absolute Gasteiger partial charge is 0.133 e. The van der Waals surface area contributed by atoms with Gasteiger partial charge in [-0.2, -0.15) is 0 Å². The first kappa shape index (κ1) is 12.9. The first-order valence-electron chi connectivity index (χ1n) is 7.33. The highest BCUT2D eigenvalue weighted by Gasteiger charge is 2.29. The van der Waals surface area contributed by atoms with Crippen LogP contribution in [0, 0.1) is 0 Å². The molecule has 3 nitrogen and oxygen atoms in total. The van der Waals surface area contributed by atoms with Gasteiger partial charge in [0.25, 0.3) is 0 Å². The van der Waals surface area contributed by atoms with Crippen LogP contribution in [0.3, 0.4) is 0 Å². The first-order chi connectivity index (χ1) is 10.8. The molecule has 0 radical (unpaired) electrons. The largest absolute Gasteiger partial charge is 0.457 e. The van der Waals surface area contributed by atoms with E-state index in [-0.39, 0.29) is 6.04 Å². The average molecular weight is 288 g/mol. The molecule has 4 rings (SSSR count). The van der Waals surface area contributed by atoms with Gasteiger partial charge in [0.2, 0.25) is 0 Å². The minimum atomic E-state index is 0.128. The topological polar surface area (TPSA) is 25.4 Å². The van der Waals surface area contributed by atoms with E-state index in [9.17, 15) is 0 Å². The SMILES string of the molecule is CN(c1ccncc1)C1c2ccccc2Oc2ccccc21. The molecule has 2 heterocycles. The Bertz CT molecular complexity index is 756. The third kappa shape index (κ3) is 2.02. The highest BCUT2D eigenvalue weighted by atomic mass is 16.5. The second-order valence-corrected chi connectivity index (χ2v) is 5.40. The maximum Gasteiger partial charge on any atom is 0.133 e. The molecule has 3 aromatic rings. The van der Waals surface area contributed by atoms with E-state index in [1.54, 1.807) is 0 Å². The molecule has 0 spiro atoms. The first-order valence-corrected chi connectivity index (χ1v) is 7.33. The molecule has 22 heavy (non-hydrogen) atoms. The summed E-state index contributed by atoms with van der Waals surface area (Å²) in [6, 6.07) is 20.6. The van der Waals surface area contributed by atoms with Crippen molar-refractivity contribution in [2.75, 3.05) is 11.9 Å². The lowest BCUT2D eigenvalue weighted by Crippen LogP contribution is -2.27. The van der Waals surface area contributed by atoms with Crippen LogP contribution < -0.4 is 9.64 Å². The van der Waals surface area contributed by atoms with Crippen LogP contribution in [0.25, 0.3) is 0 Å². The zero-order valence-corrected chi connectivity index (χ0v) is 12.3. The number of para-hydroxylation sites is 2. The highest BCUT2D eigenvalue weighted by Crippen LogP contribution is 2.45. The third-order valence-corrected chi connectivity index (χ3v) is 4.10. The Kier molecular flexibility index (Phi) is 3.04. The number of nitrogens with zero attached hydrogens (tertiary/aromatic N) is 2. The number of anilines is 1. The van der Waals surface area contributed by atoms with Gasteiger partial charge in [-0.1, -0.05) is 36.4 Å². The van der Waals surface area contributed by atoms with Crippen molar-refractivity contribution in [3.63, 3.8) is 0 Å². The number of ether oxygens (including phenoxy) is 1. The second-order valence-electron chi connectivity index (χ2n) is 5.40. The fourth-order valence-electron chi connectivity index (χ4n) is 3.03. The minimum absolute atomic E-state index is 0.128. The van der Waals surface area contributed by atoms with Gasteiger partial charge in [0, 0.05) is 36.3 Å². The zero-order chi connectivity index (χ0) is 14.9. The van der Waals surface area contributed by atoms with Crippen LogP contribution in [0.15, 0.2) is 73.1 Å². The van der Waals surface area contributed by atoms with Crippen LogP contribution in [0.4, 0.5) is 5.69 Å². The van der Waals surface area contributed by atoms with Crippen molar-refractivity contribution in [2.45, 2.75) is 6.04 Å². The minimum Gasteiger partial charge on any atom is -0.457 e. The normalized spacial score (nSPS) is 13.0. The fraction of sp³-hybridized carbons (Fsp3) is 0.105. The molecule has 0 atom stereocenters. The number of aromatic nitrogens is 1. The Hall–Kier alpha value is -2.81. The molecule has 0 fully saturated rings. The van der Waals surface area contributed by atoms with Crippen molar-refractivity contribution in [3.05, 3.63) is 84.2 Å². The summed E-state index contributed by atoms with van der Waals surface area (Å²) in [5.74, 6) is 1.85. The molecule has 1 aliphatic heterocycles. The van der Waals surface area contributed by atoms with Crippen LogP contribution in [-0.4, -0.2) is 12.0 Å². The van der Waals surface area contributed by atoms with Gasteiger partial charge < -0.3 is 9.64 Å². The number of benzene rings is 2. The van der Waals surface area contributed by atoms with Crippen LogP contribution in [0.5, 0.6) is 11.5 Å². The van der Waals surface area contributed by atoms with Crippen LogP contribution in [0.2, 0.25) is 0 Å². The summed E-state index contributed by atoms with van der Waals surface area (Å²) in [6.45, 7) is 0. The molecule has 0 aliphatic carbocycles. The average Bonchev–Trinajstić information content (AvgIpc) is 2.60. The highest BCUT2D eigenvalue weighted by molar-refractivity contribution is 5.59. The summed E-state index contributed by atoms with van der Waals surface area (Å²) in [4.78, 5) is 6.38. The number of rotatable bonds is 2. The lowest BCUT2D eigenvalue weighted by Gasteiger charge is -2.35. The Labute approximate surface area is 129 Å². The Morgan fingerprint density at radius 2 is 1.36 bits per heavy atom. The van der Waals surface area contributed by atoms with E-state index in [0.717, 1.165) is 17.2 Å². The lowest BCUT2D eigenvalue weighted by atomic mass is 9.93. The number of hydrogen-bond donors (Lipinski definition) is 0. The molecule has 0 bridgehead atoms. The van der Waals surface area contributed by atoms with Crippen LogP contribution in [-0.2, 0) is 0 Å².